The summed E-state index contributed by atoms with van der Waals surface area (Å²) in [6.45, 7) is 1.77. The van der Waals surface area contributed by atoms with Crippen molar-refractivity contribution in [1.82, 2.24) is 14.6 Å². The minimum absolute atomic E-state index is 0.0479. The Morgan fingerprint density at radius 2 is 1.90 bits per heavy atom. The van der Waals surface area contributed by atoms with E-state index in [0.717, 1.165) is 5.82 Å². The van der Waals surface area contributed by atoms with Crippen LogP contribution in [0.2, 0.25) is 5.02 Å². The van der Waals surface area contributed by atoms with Crippen LogP contribution in [-0.2, 0) is 21.2 Å². The molecular formula is C19H22ClFN4O3S. The molecule has 7 nitrogen and oxygen atoms in total. The fourth-order valence-electron chi connectivity index (χ4n) is 3.11. The van der Waals surface area contributed by atoms with Gasteiger partial charge in [-0.3, -0.25) is 4.79 Å². The van der Waals surface area contributed by atoms with E-state index in [9.17, 15) is 17.6 Å². The summed E-state index contributed by atoms with van der Waals surface area (Å²) in [7, 11) is -3.50. The first-order valence-corrected chi connectivity index (χ1v) is 11.2. The van der Waals surface area contributed by atoms with Gasteiger partial charge in [0.25, 0.3) is 0 Å². The molecule has 1 fully saturated rings. The van der Waals surface area contributed by atoms with E-state index >= 15 is 0 Å². The number of nitrogens with one attached hydrogen (secondary N) is 1. The van der Waals surface area contributed by atoms with E-state index in [1.54, 1.807) is 6.20 Å². The molecule has 1 aromatic heterocycles. The Morgan fingerprint density at radius 1 is 1.14 bits per heavy atom. The second-order valence-electron chi connectivity index (χ2n) is 6.62. The summed E-state index contributed by atoms with van der Waals surface area (Å²) in [5, 5.41) is 2.69. The topological polar surface area (TPSA) is 82.6 Å². The van der Waals surface area contributed by atoms with Crippen LogP contribution in [0.5, 0.6) is 0 Å². The average Bonchev–Trinajstić information content (AvgIpc) is 2.71. The van der Waals surface area contributed by atoms with Gasteiger partial charge in [0.2, 0.25) is 15.9 Å². The van der Waals surface area contributed by atoms with Crippen LogP contribution in [0, 0.1) is 5.82 Å². The monoisotopic (exact) mass is 440 g/mol. The van der Waals surface area contributed by atoms with Crippen molar-refractivity contribution >= 4 is 33.3 Å². The Bertz CT molecular complexity index is 931. The van der Waals surface area contributed by atoms with Crippen molar-refractivity contribution in [2.75, 3.05) is 43.4 Å². The van der Waals surface area contributed by atoms with Gasteiger partial charge < -0.3 is 10.2 Å². The standard InChI is InChI=1S/C19H22ClFN4O3S/c20-16-4-3-5-17(21)15(16)14-19(26)23-8-13-29(27,28)25-11-9-24(10-12-25)18-6-1-2-7-22-18/h1-7H,8-14H2,(H,23,26). The highest BCUT2D eigenvalue weighted by molar-refractivity contribution is 7.89. The fraction of sp³-hybridized carbons (Fsp3) is 0.368. The van der Waals surface area contributed by atoms with E-state index in [4.69, 9.17) is 11.6 Å². The van der Waals surface area contributed by atoms with Crippen molar-refractivity contribution in [1.29, 1.82) is 0 Å². The first kappa shape index (κ1) is 21.5. The highest BCUT2D eigenvalue weighted by Gasteiger charge is 2.27. The van der Waals surface area contributed by atoms with Gasteiger partial charge in [0.05, 0.1) is 12.2 Å². The third-order valence-corrected chi connectivity index (χ3v) is 6.91. The molecular weight excluding hydrogens is 419 g/mol. The molecule has 1 amide bonds. The van der Waals surface area contributed by atoms with Gasteiger partial charge in [-0.05, 0) is 24.3 Å². The van der Waals surface area contributed by atoms with Gasteiger partial charge in [0, 0.05) is 49.5 Å². The Balaban J connectivity index is 1.46. The largest absolute Gasteiger partial charge is 0.355 e. The zero-order chi connectivity index (χ0) is 20.9. The van der Waals surface area contributed by atoms with Crippen LogP contribution in [0.1, 0.15) is 5.56 Å². The molecule has 2 aromatic rings. The van der Waals surface area contributed by atoms with E-state index in [2.05, 4.69) is 10.3 Å². The number of hydrogen-bond acceptors (Lipinski definition) is 5. The summed E-state index contributed by atoms with van der Waals surface area (Å²) < 4.78 is 40.2. The van der Waals surface area contributed by atoms with Crippen LogP contribution in [0.3, 0.4) is 0 Å². The Morgan fingerprint density at radius 3 is 2.55 bits per heavy atom. The second kappa shape index (κ2) is 9.51. The highest BCUT2D eigenvalue weighted by Crippen LogP contribution is 2.19. The van der Waals surface area contributed by atoms with Crippen LogP contribution in [0.15, 0.2) is 42.6 Å². The lowest BCUT2D eigenvalue weighted by Gasteiger charge is -2.34. The molecule has 0 radical (unpaired) electrons. The summed E-state index contributed by atoms with van der Waals surface area (Å²) in [5.74, 6) is -0.435. The minimum Gasteiger partial charge on any atom is -0.355 e. The number of halogens is 2. The molecule has 0 bridgehead atoms. The van der Waals surface area contributed by atoms with E-state index in [1.165, 1.54) is 22.5 Å². The number of piperazine rings is 1. The number of nitrogens with zero attached hydrogens (tertiary/aromatic N) is 3. The summed E-state index contributed by atoms with van der Waals surface area (Å²) in [6, 6.07) is 9.80. The van der Waals surface area contributed by atoms with Crippen molar-refractivity contribution < 1.29 is 17.6 Å². The number of carbonyl (C=O) groups excluding carboxylic acids is 1. The lowest BCUT2D eigenvalue weighted by Crippen LogP contribution is -2.50. The number of aromatic nitrogens is 1. The summed E-state index contributed by atoms with van der Waals surface area (Å²) in [6.07, 6.45) is 1.46. The number of anilines is 1. The van der Waals surface area contributed by atoms with Gasteiger partial charge in [-0.15, -0.1) is 0 Å². The molecule has 1 N–H and O–H groups in total. The van der Waals surface area contributed by atoms with Gasteiger partial charge in [-0.1, -0.05) is 23.7 Å². The number of sulfonamides is 1. The molecule has 3 rings (SSSR count). The molecule has 29 heavy (non-hydrogen) atoms. The van der Waals surface area contributed by atoms with Gasteiger partial charge >= 0.3 is 0 Å². The lowest BCUT2D eigenvalue weighted by atomic mass is 10.1. The van der Waals surface area contributed by atoms with Crippen molar-refractivity contribution in [3.63, 3.8) is 0 Å². The van der Waals surface area contributed by atoms with Crippen LogP contribution < -0.4 is 10.2 Å². The number of pyridine rings is 1. The predicted octanol–water partition coefficient (Wildman–Crippen LogP) is 1.68. The quantitative estimate of drug-likeness (QED) is 0.708. The van der Waals surface area contributed by atoms with E-state index < -0.39 is 21.7 Å². The first-order valence-electron chi connectivity index (χ1n) is 9.20. The van der Waals surface area contributed by atoms with Gasteiger partial charge in [-0.2, -0.15) is 4.31 Å². The molecule has 1 aliphatic rings. The third-order valence-electron chi connectivity index (χ3n) is 4.69. The number of hydrogen-bond donors (Lipinski definition) is 1. The third kappa shape index (κ3) is 5.65. The van der Waals surface area contributed by atoms with Crippen molar-refractivity contribution in [3.8, 4) is 0 Å². The van der Waals surface area contributed by atoms with Crippen LogP contribution >= 0.6 is 11.6 Å². The Labute approximate surface area is 174 Å². The maximum atomic E-state index is 13.7. The summed E-state index contributed by atoms with van der Waals surface area (Å²) >= 11 is 5.91. The molecule has 0 aliphatic carbocycles. The average molecular weight is 441 g/mol. The van der Waals surface area contributed by atoms with Gasteiger partial charge in [0.15, 0.2) is 0 Å². The molecule has 1 saturated heterocycles. The molecule has 0 spiro atoms. The highest BCUT2D eigenvalue weighted by atomic mass is 35.5. The molecule has 1 aliphatic heterocycles. The number of rotatable bonds is 7. The lowest BCUT2D eigenvalue weighted by molar-refractivity contribution is -0.120. The minimum atomic E-state index is -3.50. The Kier molecular flexibility index (Phi) is 7.05. The number of amides is 1. The van der Waals surface area contributed by atoms with Gasteiger partial charge in [0.1, 0.15) is 11.6 Å². The van der Waals surface area contributed by atoms with E-state index in [0.29, 0.717) is 26.2 Å². The zero-order valence-electron chi connectivity index (χ0n) is 15.7. The van der Waals surface area contributed by atoms with Crippen molar-refractivity contribution in [2.45, 2.75) is 6.42 Å². The van der Waals surface area contributed by atoms with Crippen molar-refractivity contribution in [2.24, 2.45) is 0 Å². The van der Waals surface area contributed by atoms with Crippen molar-refractivity contribution in [3.05, 3.63) is 59.0 Å². The maximum Gasteiger partial charge on any atom is 0.224 e. The summed E-state index contributed by atoms with van der Waals surface area (Å²) in [4.78, 5) is 18.3. The van der Waals surface area contributed by atoms with Crippen LogP contribution in [0.4, 0.5) is 10.2 Å². The fourth-order valence-corrected chi connectivity index (χ4v) is 4.68. The Hall–Kier alpha value is -2.23. The molecule has 1 aromatic carbocycles. The molecule has 156 valence electrons. The zero-order valence-corrected chi connectivity index (χ0v) is 17.3. The first-order chi connectivity index (χ1) is 13.9. The molecule has 2 heterocycles. The van der Waals surface area contributed by atoms with Gasteiger partial charge in [-0.25, -0.2) is 17.8 Å². The second-order valence-corrected chi connectivity index (χ2v) is 9.11. The maximum absolute atomic E-state index is 13.7. The van der Waals surface area contributed by atoms with Crippen LogP contribution in [0.25, 0.3) is 0 Å². The number of benzene rings is 1. The molecule has 0 unspecified atom stereocenters. The SMILES string of the molecule is O=C(Cc1c(F)cccc1Cl)NCCS(=O)(=O)N1CCN(c2ccccn2)CC1. The molecule has 0 atom stereocenters. The smallest absolute Gasteiger partial charge is 0.224 e. The molecule has 10 heteroatoms. The molecule has 0 saturated carbocycles. The van der Waals surface area contributed by atoms with E-state index in [-0.39, 0.29) is 29.3 Å². The predicted molar refractivity (Wildman–Crippen MR) is 110 cm³/mol. The summed E-state index contributed by atoms with van der Waals surface area (Å²) in [5.41, 5.74) is 0.0974. The van der Waals surface area contributed by atoms with E-state index in [1.807, 2.05) is 23.1 Å². The normalized spacial score (nSPS) is 15.3. The number of carbonyl (C=O) groups is 1. The van der Waals surface area contributed by atoms with Crippen LogP contribution in [-0.4, -0.2) is 62.1 Å².